The Morgan fingerprint density at radius 3 is 2.00 bits per heavy atom. The van der Waals surface area contributed by atoms with Crippen molar-refractivity contribution in [3.8, 4) is 0 Å². The molecular formula is C20H32BNO3. The summed E-state index contributed by atoms with van der Waals surface area (Å²) in [4.78, 5) is 2.34. The van der Waals surface area contributed by atoms with Crippen LogP contribution in [0.15, 0.2) is 24.3 Å². The van der Waals surface area contributed by atoms with E-state index in [-0.39, 0.29) is 30.3 Å². The van der Waals surface area contributed by atoms with E-state index in [2.05, 4.69) is 63.9 Å². The van der Waals surface area contributed by atoms with Crippen molar-refractivity contribution in [1.82, 2.24) is 4.90 Å². The Morgan fingerprint density at radius 1 is 1.00 bits per heavy atom. The minimum Gasteiger partial charge on any atom is -0.399 e. The Balaban J connectivity index is 1.69. The number of piperidine rings is 1. The Morgan fingerprint density at radius 2 is 1.52 bits per heavy atom. The van der Waals surface area contributed by atoms with E-state index >= 15 is 0 Å². The molecule has 0 aliphatic carbocycles. The van der Waals surface area contributed by atoms with Gasteiger partial charge in [-0.1, -0.05) is 24.3 Å². The fourth-order valence-corrected chi connectivity index (χ4v) is 3.69. The summed E-state index contributed by atoms with van der Waals surface area (Å²) in [6.07, 6.45) is 3.04. The second kappa shape index (κ2) is 6.69. The molecule has 0 atom stereocenters. The molecule has 1 N–H and O–H groups in total. The zero-order chi connectivity index (χ0) is 18.3. The van der Waals surface area contributed by atoms with Crippen LogP contribution in [0.5, 0.6) is 0 Å². The highest BCUT2D eigenvalue weighted by Gasteiger charge is 2.51. The predicted octanol–water partition coefficient (Wildman–Crippen LogP) is 2.23. The third-order valence-electron chi connectivity index (χ3n) is 6.47. The lowest BCUT2D eigenvalue weighted by Gasteiger charge is -2.39. The summed E-state index contributed by atoms with van der Waals surface area (Å²) in [5, 5.41) is 9.97. The second-order valence-corrected chi connectivity index (χ2v) is 8.97. The monoisotopic (exact) mass is 345 g/mol. The van der Waals surface area contributed by atoms with Crippen LogP contribution in [0, 0.1) is 5.41 Å². The Labute approximate surface area is 152 Å². The first-order valence-corrected chi connectivity index (χ1v) is 9.40. The third-order valence-corrected chi connectivity index (χ3v) is 6.47. The summed E-state index contributed by atoms with van der Waals surface area (Å²) in [5.74, 6) is 0. The Kier molecular flexibility index (Phi) is 5.06. The minimum absolute atomic E-state index is 0.0262. The van der Waals surface area contributed by atoms with Gasteiger partial charge >= 0.3 is 7.12 Å². The first-order chi connectivity index (χ1) is 11.7. The van der Waals surface area contributed by atoms with Gasteiger partial charge in [0.2, 0.25) is 0 Å². The minimum atomic E-state index is -0.314. The van der Waals surface area contributed by atoms with Crippen molar-refractivity contribution in [2.45, 2.75) is 58.2 Å². The van der Waals surface area contributed by atoms with Gasteiger partial charge in [-0.15, -0.1) is 0 Å². The number of benzene rings is 1. The van der Waals surface area contributed by atoms with E-state index in [1.54, 1.807) is 0 Å². The molecule has 0 spiro atoms. The van der Waals surface area contributed by atoms with E-state index in [1.165, 1.54) is 5.56 Å². The van der Waals surface area contributed by atoms with Gasteiger partial charge in [0.25, 0.3) is 0 Å². The summed E-state index contributed by atoms with van der Waals surface area (Å²) in [5.41, 5.74) is 1.73. The van der Waals surface area contributed by atoms with Crippen molar-refractivity contribution in [2.75, 3.05) is 26.7 Å². The van der Waals surface area contributed by atoms with E-state index in [1.807, 2.05) is 0 Å². The van der Waals surface area contributed by atoms with Gasteiger partial charge in [0, 0.05) is 6.61 Å². The molecule has 2 aliphatic heterocycles. The maximum absolute atomic E-state index is 9.97. The molecule has 138 valence electrons. The van der Waals surface area contributed by atoms with Crippen LogP contribution < -0.4 is 5.46 Å². The molecule has 3 rings (SSSR count). The van der Waals surface area contributed by atoms with Crippen molar-refractivity contribution in [1.29, 1.82) is 0 Å². The second-order valence-electron chi connectivity index (χ2n) is 8.97. The third kappa shape index (κ3) is 3.80. The van der Waals surface area contributed by atoms with Crippen molar-refractivity contribution < 1.29 is 14.4 Å². The average Bonchev–Trinajstić information content (AvgIpc) is 2.79. The van der Waals surface area contributed by atoms with Crippen molar-refractivity contribution >= 4 is 12.6 Å². The molecular weight excluding hydrogens is 313 g/mol. The summed E-state index contributed by atoms with van der Waals surface area (Å²) in [6, 6.07) is 8.54. The lowest BCUT2D eigenvalue weighted by atomic mass is 9.73. The molecule has 2 heterocycles. The smallest absolute Gasteiger partial charge is 0.399 e. The number of hydrogen-bond acceptors (Lipinski definition) is 4. The lowest BCUT2D eigenvalue weighted by molar-refractivity contribution is 0.00578. The highest BCUT2D eigenvalue weighted by atomic mass is 16.7. The van der Waals surface area contributed by atoms with E-state index < -0.39 is 0 Å². The number of rotatable bonds is 4. The summed E-state index contributed by atoms with van der Waals surface area (Å²) < 4.78 is 12.2. The van der Waals surface area contributed by atoms with Gasteiger partial charge in [0.1, 0.15) is 0 Å². The largest absolute Gasteiger partial charge is 0.494 e. The van der Waals surface area contributed by atoms with Crippen LogP contribution in [0.25, 0.3) is 0 Å². The van der Waals surface area contributed by atoms with Crippen LogP contribution in [0.1, 0.15) is 46.1 Å². The molecule has 2 fully saturated rings. The van der Waals surface area contributed by atoms with Crippen molar-refractivity contribution in [2.24, 2.45) is 5.41 Å². The normalized spacial score (nSPS) is 25.3. The van der Waals surface area contributed by atoms with Crippen LogP contribution in [0.4, 0.5) is 0 Å². The first kappa shape index (κ1) is 18.9. The SMILES string of the molecule is CN1CCC(CO)(Cc2ccc(B3OC(C)(C)C(C)(C)O3)cc2)CC1. The molecule has 2 aliphatic rings. The molecule has 5 heteroatoms. The van der Waals surface area contributed by atoms with Gasteiger partial charge in [-0.05, 0) is 83.5 Å². The van der Waals surface area contributed by atoms with Gasteiger partial charge in [-0.3, -0.25) is 0 Å². The molecule has 0 amide bonds. The maximum atomic E-state index is 9.97. The highest BCUT2D eigenvalue weighted by Crippen LogP contribution is 2.37. The topological polar surface area (TPSA) is 41.9 Å². The van der Waals surface area contributed by atoms with Crippen LogP contribution in [0.3, 0.4) is 0 Å². The molecule has 0 aromatic heterocycles. The number of nitrogens with zero attached hydrogens (tertiary/aromatic N) is 1. The molecule has 25 heavy (non-hydrogen) atoms. The van der Waals surface area contributed by atoms with Crippen molar-refractivity contribution in [3.63, 3.8) is 0 Å². The van der Waals surface area contributed by atoms with E-state index in [9.17, 15) is 5.11 Å². The molecule has 0 bridgehead atoms. The standard InChI is InChI=1S/C20H32BNO3/c1-18(2)19(3,4)25-21(24-18)17-8-6-16(7-9-17)14-20(15-23)10-12-22(5)13-11-20/h6-9,23H,10-15H2,1-5H3. The predicted molar refractivity (Wildman–Crippen MR) is 102 cm³/mol. The summed E-state index contributed by atoms with van der Waals surface area (Å²) in [6.45, 7) is 10.7. The van der Waals surface area contributed by atoms with Gasteiger partial charge in [-0.2, -0.15) is 0 Å². The van der Waals surface area contributed by atoms with Crippen LogP contribution >= 0.6 is 0 Å². The zero-order valence-corrected chi connectivity index (χ0v) is 16.3. The number of likely N-dealkylation sites (tertiary alicyclic amines) is 1. The number of hydrogen-bond donors (Lipinski definition) is 1. The molecule has 0 saturated carbocycles. The van der Waals surface area contributed by atoms with Gasteiger partial charge < -0.3 is 19.3 Å². The Hall–Kier alpha value is -0.875. The Bertz CT molecular complexity index is 575. The van der Waals surface area contributed by atoms with E-state index in [0.29, 0.717) is 0 Å². The average molecular weight is 345 g/mol. The number of aliphatic hydroxyl groups is 1. The molecule has 1 aromatic carbocycles. The van der Waals surface area contributed by atoms with E-state index in [4.69, 9.17) is 9.31 Å². The van der Waals surface area contributed by atoms with Gasteiger partial charge in [-0.25, -0.2) is 0 Å². The highest BCUT2D eigenvalue weighted by molar-refractivity contribution is 6.62. The first-order valence-electron chi connectivity index (χ1n) is 9.40. The van der Waals surface area contributed by atoms with Crippen LogP contribution in [-0.4, -0.2) is 55.1 Å². The maximum Gasteiger partial charge on any atom is 0.494 e. The van der Waals surface area contributed by atoms with E-state index in [0.717, 1.165) is 37.8 Å². The fraction of sp³-hybridized carbons (Fsp3) is 0.700. The number of aliphatic hydroxyl groups excluding tert-OH is 1. The van der Waals surface area contributed by atoms with Gasteiger partial charge in [0.05, 0.1) is 11.2 Å². The molecule has 4 nitrogen and oxygen atoms in total. The summed E-state index contributed by atoms with van der Waals surface area (Å²) >= 11 is 0. The molecule has 0 unspecified atom stereocenters. The van der Waals surface area contributed by atoms with Crippen molar-refractivity contribution in [3.05, 3.63) is 29.8 Å². The van der Waals surface area contributed by atoms with Crippen LogP contribution in [-0.2, 0) is 15.7 Å². The molecule has 0 radical (unpaired) electrons. The molecule has 2 saturated heterocycles. The quantitative estimate of drug-likeness (QED) is 0.850. The van der Waals surface area contributed by atoms with Crippen LogP contribution in [0.2, 0.25) is 0 Å². The van der Waals surface area contributed by atoms with Gasteiger partial charge in [0.15, 0.2) is 0 Å². The summed E-state index contributed by atoms with van der Waals surface area (Å²) in [7, 11) is 1.84. The molecule has 1 aromatic rings. The zero-order valence-electron chi connectivity index (χ0n) is 16.3. The fourth-order valence-electron chi connectivity index (χ4n) is 3.69. The lowest BCUT2D eigenvalue weighted by Crippen LogP contribution is -2.41.